The van der Waals surface area contributed by atoms with Crippen LogP contribution in [0.3, 0.4) is 0 Å². The summed E-state index contributed by atoms with van der Waals surface area (Å²) < 4.78 is 0. The minimum absolute atomic E-state index is 0.156. The van der Waals surface area contributed by atoms with Crippen LogP contribution < -0.4 is 5.32 Å². The van der Waals surface area contributed by atoms with Crippen LogP contribution in [0.2, 0.25) is 0 Å². The number of amides is 1. The number of carbonyl (C=O) groups is 1. The molecule has 0 spiro atoms. The lowest BCUT2D eigenvalue weighted by atomic mass is 10.1. The molecular weight excluding hydrogens is 150 g/mol. The van der Waals surface area contributed by atoms with Crippen LogP contribution >= 0.6 is 0 Å². The molecule has 0 saturated heterocycles. The first-order valence-corrected chi connectivity index (χ1v) is 4.13. The summed E-state index contributed by atoms with van der Waals surface area (Å²) in [5.74, 6) is 0. The minimum Gasteiger partial charge on any atom is -0.352 e. The van der Waals surface area contributed by atoms with E-state index in [2.05, 4.69) is 5.32 Å². The van der Waals surface area contributed by atoms with Gasteiger partial charge >= 0.3 is 0 Å². The first kappa shape index (κ1) is 8.78. The maximum Gasteiger partial charge on any atom is 0.207 e. The van der Waals surface area contributed by atoms with Crippen molar-refractivity contribution in [3.05, 3.63) is 35.9 Å². The van der Waals surface area contributed by atoms with E-state index in [1.165, 1.54) is 0 Å². The van der Waals surface area contributed by atoms with Gasteiger partial charge in [-0.15, -0.1) is 0 Å². The van der Waals surface area contributed by atoms with Crippen LogP contribution in [0.25, 0.3) is 0 Å². The molecule has 0 aromatic heterocycles. The lowest BCUT2D eigenvalue weighted by molar-refractivity contribution is -0.110. The summed E-state index contributed by atoms with van der Waals surface area (Å²) in [5.41, 5.74) is 1.16. The highest BCUT2D eigenvalue weighted by Crippen LogP contribution is 2.14. The number of benzene rings is 1. The van der Waals surface area contributed by atoms with Crippen molar-refractivity contribution in [2.24, 2.45) is 0 Å². The van der Waals surface area contributed by atoms with Crippen molar-refractivity contribution in [2.75, 3.05) is 0 Å². The molecule has 0 bridgehead atoms. The maximum atomic E-state index is 10.2. The van der Waals surface area contributed by atoms with Gasteiger partial charge < -0.3 is 5.32 Å². The molecule has 1 rings (SSSR count). The normalized spacial score (nSPS) is 12.1. The second-order valence-electron chi connectivity index (χ2n) is 2.66. The molecule has 0 saturated carbocycles. The van der Waals surface area contributed by atoms with Crippen LogP contribution in [0, 0.1) is 0 Å². The third-order valence-corrected chi connectivity index (χ3v) is 1.88. The van der Waals surface area contributed by atoms with Crippen molar-refractivity contribution in [1.29, 1.82) is 0 Å². The first-order chi connectivity index (χ1) is 5.88. The lowest BCUT2D eigenvalue weighted by Gasteiger charge is -2.13. The van der Waals surface area contributed by atoms with Crippen LogP contribution in [-0.2, 0) is 4.79 Å². The third kappa shape index (κ3) is 2.09. The van der Waals surface area contributed by atoms with E-state index in [-0.39, 0.29) is 6.04 Å². The second-order valence-corrected chi connectivity index (χ2v) is 2.66. The van der Waals surface area contributed by atoms with Gasteiger partial charge in [-0.25, -0.2) is 0 Å². The molecule has 1 unspecified atom stereocenters. The van der Waals surface area contributed by atoms with Gasteiger partial charge in [0, 0.05) is 0 Å². The molecule has 1 amide bonds. The lowest BCUT2D eigenvalue weighted by Crippen LogP contribution is -2.18. The zero-order valence-corrected chi connectivity index (χ0v) is 7.16. The molecule has 2 nitrogen and oxygen atoms in total. The molecule has 0 aliphatic carbocycles. The Bertz CT molecular complexity index is 233. The average Bonchev–Trinajstić information content (AvgIpc) is 2.15. The van der Waals surface area contributed by atoms with E-state index in [1.54, 1.807) is 0 Å². The Kier molecular flexibility index (Phi) is 3.33. The largest absolute Gasteiger partial charge is 0.352 e. The van der Waals surface area contributed by atoms with E-state index >= 15 is 0 Å². The van der Waals surface area contributed by atoms with Gasteiger partial charge in [0.25, 0.3) is 0 Å². The zero-order valence-electron chi connectivity index (χ0n) is 7.16. The summed E-state index contributed by atoms with van der Waals surface area (Å²) in [7, 11) is 0. The van der Waals surface area contributed by atoms with E-state index in [9.17, 15) is 4.79 Å². The molecule has 1 aromatic rings. The van der Waals surface area contributed by atoms with Gasteiger partial charge in [0.2, 0.25) is 6.41 Å². The molecule has 1 aromatic carbocycles. The van der Waals surface area contributed by atoms with Gasteiger partial charge in [-0.05, 0) is 12.0 Å². The molecule has 0 fully saturated rings. The number of rotatable bonds is 4. The molecule has 0 heterocycles. The molecule has 0 aliphatic rings. The van der Waals surface area contributed by atoms with Crippen molar-refractivity contribution in [3.63, 3.8) is 0 Å². The van der Waals surface area contributed by atoms with Crippen LogP contribution in [0.5, 0.6) is 0 Å². The fourth-order valence-electron chi connectivity index (χ4n) is 1.22. The average molecular weight is 163 g/mol. The number of hydrogen-bond acceptors (Lipinski definition) is 1. The summed E-state index contributed by atoms with van der Waals surface area (Å²) >= 11 is 0. The van der Waals surface area contributed by atoms with Crippen LogP contribution in [0.15, 0.2) is 30.3 Å². The monoisotopic (exact) mass is 163 g/mol. The van der Waals surface area contributed by atoms with E-state index in [0.717, 1.165) is 18.4 Å². The van der Waals surface area contributed by atoms with Crippen molar-refractivity contribution in [1.82, 2.24) is 5.32 Å². The van der Waals surface area contributed by atoms with Crippen LogP contribution in [0.4, 0.5) is 0 Å². The van der Waals surface area contributed by atoms with Gasteiger partial charge in [-0.1, -0.05) is 37.3 Å². The molecule has 0 radical (unpaired) electrons. The molecular formula is C10H13NO. The van der Waals surface area contributed by atoms with Gasteiger partial charge in [-0.3, -0.25) is 4.79 Å². The van der Waals surface area contributed by atoms with Crippen molar-refractivity contribution < 1.29 is 4.79 Å². The summed E-state index contributed by atoms with van der Waals surface area (Å²) in [6.45, 7) is 2.05. The summed E-state index contributed by atoms with van der Waals surface area (Å²) in [4.78, 5) is 10.2. The molecule has 1 N–H and O–H groups in total. The fraction of sp³-hybridized carbons (Fsp3) is 0.300. The number of carbonyl (C=O) groups excluding carboxylic acids is 1. The van der Waals surface area contributed by atoms with Crippen molar-refractivity contribution in [3.8, 4) is 0 Å². The van der Waals surface area contributed by atoms with Crippen molar-refractivity contribution >= 4 is 6.41 Å². The minimum atomic E-state index is 0.156. The van der Waals surface area contributed by atoms with Crippen molar-refractivity contribution in [2.45, 2.75) is 19.4 Å². The highest BCUT2D eigenvalue weighted by molar-refractivity contribution is 5.47. The summed E-state index contributed by atoms with van der Waals surface area (Å²) in [5, 5.41) is 2.77. The van der Waals surface area contributed by atoms with E-state index in [1.807, 2.05) is 37.3 Å². The third-order valence-electron chi connectivity index (χ3n) is 1.88. The Morgan fingerprint density at radius 2 is 2.08 bits per heavy atom. The molecule has 1 atom stereocenters. The Morgan fingerprint density at radius 3 is 2.58 bits per heavy atom. The SMILES string of the molecule is CCC(NC=O)c1ccccc1. The first-order valence-electron chi connectivity index (χ1n) is 4.13. The smallest absolute Gasteiger partial charge is 0.207 e. The highest BCUT2D eigenvalue weighted by atomic mass is 16.1. The zero-order chi connectivity index (χ0) is 8.81. The number of nitrogens with one attached hydrogen (secondary N) is 1. The Balaban J connectivity index is 2.72. The van der Waals surface area contributed by atoms with Gasteiger partial charge in [0.1, 0.15) is 0 Å². The molecule has 0 aliphatic heterocycles. The maximum absolute atomic E-state index is 10.2. The van der Waals surface area contributed by atoms with Crippen LogP contribution in [-0.4, -0.2) is 6.41 Å². The topological polar surface area (TPSA) is 29.1 Å². The standard InChI is InChI=1S/C10H13NO/c1-2-10(11-8-12)9-6-4-3-5-7-9/h3-8,10H,2H2,1H3,(H,11,12). The van der Waals surface area contributed by atoms with E-state index < -0.39 is 0 Å². The highest BCUT2D eigenvalue weighted by Gasteiger charge is 2.05. The molecule has 64 valence electrons. The second kappa shape index (κ2) is 4.54. The number of hydrogen-bond donors (Lipinski definition) is 1. The van der Waals surface area contributed by atoms with Gasteiger partial charge in [0.15, 0.2) is 0 Å². The summed E-state index contributed by atoms with van der Waals surface area (Å²) in [6, 6.07) is 10.1. The van der Waals surface area contributed by atoms with Gasteiger partial charge in [-0.2, -0.15) is 0 Å². The predicted octanol–water partition coefficient (Wildman–Crippen LogP) is 1.88. The summed E-state index contributed by atoms with van der Waals surface area (Å²) in [6.07, 6.45) is 1.67. The Labute approximate surface area is 72.6 Å². The fourth-order valence-corrected chi connectivity index (χ4v) is 1.22. The van der Waals surface area contributed by atoms with Crippen LogP contribution in [0.1, 0.15) is 24.9 Å². The molecule has 12 heavy (non-hydrogen) atoms. The Morgan fingerprint density at radius 1 is 1.42 bits per heavy atom. The Hall–Kier alpha value is -1.31. The molecule has 2 heteroatoms. The van der Waals surface area contributed by atoms with E-state index in [0.29, 0.717) is 0 Å². The quantitative estimate of drug-likeness (QED) is 0.675. The predicted molar refractivity (Wildman–Crippen MR) is 48.7 cm³/mol. The van der Waals surface area contributed by atoms with E-state index in [4.69, 9.17) is 0 Å². The van der Waals surface area contributed by atoms with Gasteiger partial charge in [0.05, 0.1) is 6.04 Å².